The maximum Gasteiger partial charge on any atom is 0.331 e. The van der Waals surface area contributed by atoms with Crippen molar-refractivity contribution in [3.8, 4) is 11.8 Å². The number of fused-ring (bicyclic) bond motifs is 6. The number of ether oxygens (including phenoxy) is 2. The van der Waals surface area contributed by atoms with Gasteiger partial charge < -0.3 is 24.8 Å². The Morgan fingerprint density at radius 2 is 1.47 bits per heavy atom. The average molecular weight is 1260 g/mol. The van der Waals surface area contributed by atoms with Crippen molar-refractivity contribution >= 4 is 22.7 Å². The van der Waals surface area contributed by atoms with E-state index in [4.69, 9.17) is 9.47 Å². The lowest BCUT2D eigenvalue weighted by Gasteiger charge is -2.76. The van der Waals surface area contributed by atoms with Crippen LogP contribution in [0.3, 0.4) is 0 Å². The number of esters is 2. The molecule has 492 valence electrons. The second-order valence-electron chi connectivity index (χ2n) is 34.2. The predicted molar refractivity (Wildman–Crippen MR) is 370 cm³/mol. The van der Waals surface area contributed by atoms with E-state index in [1.54, 1.807) is 33.7 Å². The molecular formula is C87H102O7. The molecule has 7 fully saturated rings. The van der Waals surface area contributed by atoms with E-state index in [1.807, 2.05) is 6.08 Å². The molecule has 2 aliphatic heterocycles. The lowest BCUT2D eigenvalue weighted by Crippen LogP contribution is -2.84. The van der Waals surface area contributed by atoms with Gasteiger partial charge in [-0.3, -0.25) is 4.79 Å². The van der Waals surface area contributed by atoms with E-state index < -0.39 is 57.4 Å². The minimum Gasteiger partial charge on any atom is -0.462 e. The average Bonchev–Trinajstić information content (AvgIpc) is 1.37. The Hall–Kier alpha value is -5.78. The Kier molecular flexibility index (Phi) is 15.1. The van der Waals surface area contributed by atoms with Crippen LogP contribution in [-0.2, 0) is 37.3 Å². The van der Waals surface area contributed by atoms with Crippen LogP contribution < -0.4 is 0 Å². The van der Waals surface area contributed by atoms with E-state index in [9.17, 15) is 9.90 Å². The van der Waals surface area contributed by atoms with Gasteiger partial charge in [0.25, 0.3) is 0 Å². The Balaban J connectivity index is 0.829. The van der Waals surface area contributed by atoms with Crippen LogP contribution in [0.15, 0.2) is 145 Å². The van der Waals surface area contributed by atoms with Crippen molar-refractivity contribution < 1.29 is 34.4 Å². The number of cyclic esters (lactones) is 1. The summed E-state index contributed by atoms with van der Waals surface area (Å²) in [6.45, 7) is 7.09. The highest BCUT2D eigenvalue weighted by Crippen LogP contribution is 2.82. The van der Waals surface area contributed by atoms with Crippen LogP contribution in [0.4, 0.5) is 0 Å². The third-order valence-corrected chi connectivity index (χ3v) is 30.1. The van der Waals surface area contributed by atoms with Crippen LogP contribution in [0, 0.1) is 86.3 Å². The first-order valence-corrected chi connectivity index (χ1v) is 37.7. The van der Waals surface area contributed by atoms with Gasteiger partial charge in [0.2, 0.25) is 0 Å². The molecular weight excluding hydrogens is 1160 g/mol. The zero-order chi connectivity index (χ0) is 64.0. The van der Waals surface area contributed by atoms with Gasteiger partial charge in [-0.2, -0.15) is 0 Å². The first-order valence-electron chi connectivity index (χ1n) is 37.7. The van der Waals surface area contributed by atoms with Gasteiger partial charge in [-0.25, -0.2) is 4.79 Å². The number of hydrogen-bond donors (Lipinski definition) is 3. The molecule has 0 amide bonds. The lowest BCUT2D eigenvalue weighted by atomic mass is 9.30. The first-order chi connectivity index (χ1) is 45.6. The second kappa shape index (κ2) is 22.9. The van der Waals surface area contributed by atoms with Crippen molar-refractivity contribution in [1.82, 2.24) is 0 Å². The number of aryl methyl sites for hydroxylation is 1. The number of benzene rings is 5. The number of carbonyl (C=O) groups is 2. The largest absolute Gasteiger partial charge is 0.462 e. The quantitative estimate of drug-likeness (QED) is 0.0611. The molecule has 0 aromatic heterocycles. The van der Waals surface area contributed by atoms with Crippen molar-refractivity contribution in [3.63, 3.8) is 0 Å². The molecule has 20 atom stereocenters. The van der Waals surface area contributed by atoms with Crippen molar-refractivity contribution in [1.29, 1.82) is 0 Å². The van der Waals surface area contributed by atoms with Crippen LogP contribution in [0.2, 0.25) is 0 Å². The van der Waals surface area contributed by atoms with Gasteiger partial charge in [-0.15, -0.1) is 0 Å². The Labute approximate surface area is 559 Å². The van der Waals surface area contributed by atoms with Crippen molar-refractivity contribution in [2.45, 2.75) is 234 Å². The molecule has 7 heteroatoms. The van der Waals surface area contributed by atoms with Crippen LogP contribution in [0.25, 0.3) is 10.8 Å². The van der Waals surface area contributed by atoms with Gasteiger partial charge in [-0.05, 0) is 242 Å². The zero-order valence-electron chi connectivity index (χ0n) is 56.4. The zero-order valence-corrected chi connectivity index (χ0v) is 56.4. The fourth-order valence-corrected chi connectivity index (χ4v) is 26.2. The van der Waals surface area contributed by atoms with Crippen molar-refractivity contribution in [3.05, 3.63) is 179 Å². The fourth-order valence-electron chi connectivity index (χ4n) is 26.2. The smallest absolute Gasteiger partial charge is 0.331 e. The van der Waals surface area contributed by atoms with E-state index in [0.717, 1.165) is 63.4 Å². The van der Waals surface area contributed by atoms with Gasteiger partial charge >= 0.3 is 11.9 Å². The number of carbonyl (C=O) groups excluding carboxylic acids is 2. The van der Waals surface area contributed by atoms with E-state index in [1.165, 1.54) is 80.7 Å². The highest BCUT2D eigenvalue weighted by atomic mass is 16.5. The minimum absolute atomic E-state index is 0.0550. The number of rotatable bonds is 13. The predicted octanol–water partition coefficient (Wildman–Crippen LogP) is 17.7. The fraction of sp³-hybridized carbons (Fsp3) is 0.586. The third kappa shape index (κ3) is 9.04. The number of aliphatic hydroxyl groups excluding tert-OH is 1. The molecule has 7 saturated carbocycles. The lowest BCUT2D eigenvalue weighted by molar-refractivity contribution is -0.367. The normalized spacial score (nSPS) is 41.3. The van der Waals surface area contributed by atoms with Gasteiger partial charge in [0, 0.05) is 28.7 Å². The van der Waals surface area contributed by atoms with Gasteiger partial charge in [0.05, 0.1) is 29.0 Å². The highest BCUT2D eigenvalue weighted by Gasteiger charge is 2.83. The molecule has 3 spiro atoms. The summed E-state index contributed by atoms with van der Waals surface area (Å²) in [7, 11) is 0. The van der Waals surface area contributed by atoms with E-state index in [-0.39, 0.29) is 70.8 Å². The highest BCUT2D eigenvalue weighted by molar-refractivity contribution is 5.93. The summed E-state index contributed by atoms with van der Waals surface area (Å²) in [6.07, 6.45) is 28.4. The topological polar surface area (TPSA) is 113 Å². The summed E-state index contributed by atoms with van der Waals surface area (Å²) in [5.41, 5.74) is 3.38. The minimum atomic E-state index is -1.86. The molecule has 12 aliphatic rings. The standard InChI is InChI=1S/C87H102O7/c1-56(19-17-24-57-20-7-4-8-21-57)47-65-34-32-61-31-30-59(48-58-22-9-5-10-23-58)49-68(61)79(90)94-72-53-80(2)45-46-85(65,91)87(86(80,92)44-36-60-50-74(89)93-54-60)73(88)38-42-81(3,78(72)87)64-37-43-84-55-82(39-15-16-40-82)71-52-83(63-26-11-6-12-27-63)41-14-13-29-69(83)67-35-33-62-25-18-28-66(70(84)51-64)75(62)76(67)77(71)84/h4-12,18,20-23,25-28,33,35,45-46,50,56,59,61,64-65,68-73,77-78,88,91-92H,13-17,19,24,29-31,36-44,47-49,51-55H2,1-3H3. The number of aliphatic hydroxyl groups is 3. The molecule has 10 aliphatic carbocycles. The summed E-state index contributed by atoms with van der Waals surface area (Å²) >= 11 is 0. The van der Waals surface area contributed by atoms with E-state index in [2.05, 4.69) is 160 Å². The van der Waals surface area contributed by atoms with E-state index in [0.29, 0.717) is 56.3 Å². The maximum absolute atomic E-state index is 16.2. The van der Waals surface area contributed by atoms with Crippen LogP contribution in [-0.4, -0.2) is 57.3 Å². The van der Waals surface area contributed by atoms with Crippen LogP contribution in [0.5, 0.6) is 0 Å². The monoisotopic (exact) mass is 1260 g/mol. The molecule has 94 heavy (non-hydrogen) atoms. The van der Waals surface area contributed by atoms with Crippen LogP contribution in [0.1, 0.15) is 226 Å². The molecule has 7 nitrogen and oxygen atoms in total. The summed E-state index contributed by atoms with van der Waals surface area (Å²) in [5, 5.41) is 47.7. The molecule has 2 heterocycles. The summed E-state index contributed by atoms with van der Waals surface area (Å²) in [4.78, 5) is 29.1. The second-order valence-corrected chi connectivity index (χ2v) is 34.2. The number of hydrogen-bond acceptors (Lipinski definition) is 7. The third-order valence-electron chi connectivity index (χ3n) is 30.1. The Morgan fingerprint density at radius 1 is 0.702 bits per heavy atom. The summed E-state index contributed by atoms with van der Waals surface area (Å²) < 4.78 is 13.2. The van der Waals surface area contributed by atoms with Crippen molar-refractivity contribution in [2.24, 2.45) is 74.4 Å². The van der Waals surface area contributed by atoms with Crippen LogP contribution >= 0.6 is 0 Å². The molecule has 20 unspecified atom stereocenters. The first kappa shape index (κ1) is 61.8. The Morgan fingerprint density at radius 3 is 2.24 bits per heavy atom. The molecule has 5 aromatic rings. The molecule has 0 saturated heterocycles. The molecule has 3 N–H and O–H groups in total. The summed E-state index contributed by atoms with van der Waals surface area (Å²) in [5.74, 6) is 7.42. The maximum atomic E-state index is 16.2. The van der Waals surface area contributed by atoms with E-state index >= 15 is 15.0 Å². The molecule has 17 rings (SSSR count). The summed E-state index contributed by atoms with van der Waals surface area (Å²) in [6, 6.07) is 45.8. The molecule has 5 aromatic carbocycles. The van der Waals surface area contributed by atoms with Crippen molar-refractivity contribution in [2.75, 3.05) is 6.61 Å². The van der Waals surface area contributed by atoms with Gasteiger partial charge in [0.1, 0.15) is 18.3 Å². The molecule has 0 radical (unpaired) electrons. The SMILES string of the molecule is CC(CCCc1ccccc1)CC1C#CC2CCC(Cc3ccccc3)CC2C(=O)OC2CC3(C)C=CC1(O)C1(C(O)CCC(C)(C4CCC56CC7(CCCC7)C7CC8(c9ccccc9)CCCCC8c8ccc9cccc(c9c8C75)C6C4)C21)C3(O)CCC1=CC(=O)OC1. The Bertz CT molecular complexity index is 3870. The molecule has 3 bridgehead atoms. The van der Waals surface area contributed by atoms with Gasteiger partial charge in [-0.1, -0.05) is 198 Å². The van der Waals surface area contributed by atoms with Gasteiger partial charge in [0.15, 0.2) is 0 Å².